The predicted octanol–water partition coefficient (Wildman–Crippen LogP) is 5.90. The monoisotopic (exact) mass is 576 g/mol. The van der Waals surface area contributed by atoms with E-state index in [1.165, 1.54) is 10.5 Å². The summed E-state index contributed by atoms with van der Waals surface area (Å²) in [5, 5.41) is 9.53. The highest BCUT2D eigenvalue weighted by Gasteiger charge is 2.39. The molecule has 4 atom stereocenters. The Labute approximate surface area is 252 Å². The molecular weight excluding hydrogens is 540 g/mol. The van der Waals surface area contributed by atoms with Crippen molar-refractivity contribution in [2.24, 2.45) is 5.92 Å². The first kappa shape index (κ1) is 29.0. The lowest BCUT2D eigenvalue weighted by molar-refractivity contribution is -0.276. The van der Waals surface area contributed by atoms with Crippen molar-refractivity contribution >= 4 is 11.8 Å². The minimum Gasteiger partial charge on any atom is -0.392 e. The van der Waals surface area contributed by atoms with Crippen molar-refractivity contribution in [3.05, 3.63) is 142 Å². The summed E-state index contributed by atoms with van der Waals surface area (Å²) in [6.45, 7) is 3.88. The molecule has 0 radical (unpaired) electrons. The van der Waals surface area contributed by atoms with Crippen LogP contribution in [0.2, 0.25) is 0 Å². The Balaban J connectivity index is 1.20. The van der Waals surface area contributed by atoms with E-state index in [1.54, 1.807) is 24.3 Å². The SMILES string of the molecule is C[C@@H]1[C@H](CN(C)Cc2ccccc2)O[C@H](c2ccc(CN3C(=O)c4ccccc4C3=O)cc2)O[C@@H]1c1ccc(CO)cc1. The zero-order valence-electron chi connectivity index (χ0n) is 24.4. The third kappa shape index (κ3) is 6.17. The minimum atomic E-state index is -0.595. The molecule has 0 aliphatic carbocycles. The van der Waals surface area contributed by atoms with Gasteiger partial charge in [-0.2, -0.15) is 0 Å². The van der Waals surface area contributed by atoms with Gasteiger partial charge in [0.25, 0.3) is 11.8 Å². The van der Waals surface area contributed by atoms with Crippen LogP contribution in [-0.4, -0.2) is 46.4 Å². The number of aliphatic hydroxyl groups is 1. The highest BCUT2D eigenvalue weighted by atomic mass is 16.7. The first-order chi connectivity index (χ1) is 20.9. The van der Waals surface area contributed by atoms with Crippen LogP contribution in [0.3, 0.4) is 0 Å². The van der Waals surface area contributed by atoms with Gasteiger partial charge in [0.2, 0.25) is 0 Å². The van der Waals surface area contributed by atoms with Crippen molar-refractivity contribution < 1.29 is 24.2 Å². The Hall–Kier alpha value is -4.14. The second-order valence-electron chi connectivity index (χ2n) is 11.5. The number of fused-ring (bicyclic) bond motifs is 1. The highest BCUT2D eigenvalue weighted by molar-refractivity contribution is 6.21. The van der Waals surface area contributed by atoms with Gasteiger partial charge >= 0.3 is 0 Å². The van der Waals surface area contributed by atoms with Crippen LogP contribution < -0.4 is 0 Å². The van der Waals surface area contributed by atoms with E-state index in [9.17, 15) is 14.7 Å². The van der Waals surface area contributed by atoms with Gasteiger partial charge in [-0.3, -0.25) is 19.4 Å². The molecule has 4 aromatic carbocycles. The molecule has 0 saturated carbocycles. The van der Waals surface area contributed by atoms with E-state index in [4.69, 9.17) is 9.47 Å². The predicted molar refractivity (Wildman–Crippen MR) is 163 cm³/mol. The van der Waals surface area contributed by atoms with Crippen molar-refractivity contribution in [3.8, 4) is 0 Å². The molecule has 0 bridgehead atoms. The van der Waals surface area contributed by atoms with Crippen molar-refractivity contribution in [2.45, 2.75) is 45.1 Å². The normalized spacial score (nSPS) is 21.8. The lowest BCUT2D eigenvalue weighted by Crippen LogP contribution is -2.43. The molecule has 7 heteroatoms. The molecule has 2 amide bonds. The quantitative estimate of drug-likeness (QED) is 0.250. The Bertz CT molecular complexity index is 1540. The third-order valence-corrected chi connectivity index (χ3v) is 8.38. The summed E-state index contributed by atoms with van der Waals surface area (Å²) in [7, 11) is 2.10. The number of ether oxygens (including phenoxy) is 2. The molecule has 0 aromatic heterocycles. The second-order valence-corrected chi connectivity index (χ2v) is 11.5. The largest absolute Gasteiger partial charge is 0.392 e. The number of carbonyl (C=O) groups excluding carboxylic acids is 2. The van der Waals surface area contributed by atoms with Gasteiger partial charge in [0.05, 0.1) is 36.5 Å². The smallest absolute Gasteiger partial charge is 0.261 e. The Morgan fingerprint density at radius 2 is 1.30 bits per heavy atom. The maximum Gasteiger partial charge on any atom is 0.261 e. The molecule has 1 saturated heterocycles. The van der Waals surface area contributed by atoms with Gasteiger partial charge in [-0.1, -0.05) is 97.9 Å². The van der Waals surface area contributed by atoms with Crippen LogP contribution in [0.4, 0.5) is 0 Å². The maximum absolute atomic E-state index is 12.9. The fraction of sp³-hybridized carbons (Fsp3) is 0.278. The average molecular weight is 577 g/mol. The minimum absolute atomic E-state index is 0.00689. The van der Waals surface area contributed by atoms with Gasteiger partial charge in [-0.25, -0.2) is 0 Å². The third-order valence-electron chi connectivity index (χ3n) is 8.38. The van der Waals surface area contributed by atoms with E-state index in [0.717, 1.165) is 35.3 Å². The molecule has 1 fully saturated rings. The number of hydrogen-bond donors (Lipinski definition) is 1. The molecule has 43 heavy (non-hydrogen) atoms. The fourth-order valence-electron chi connectivity index (χ4n) is 5.94. The molecule has 0 spiro atoms. The molecule has 220 valence electrons. The Morgan fingerprint density at radius 3 is 1.93 bits per heavy atom. The van der Waals surface area contributed by atoms with Crippen molar-refractivity contribution in [3.63, 3.8) is 0 Å². The molecule has 2 heterocycles. The number of benzene rings is 4. The second kappa shape index (κ2) is 12.6. The van der Waals surface area contributed by atoms with E-state index in [2.05, 4.69) is 43.1 Å². The number of nitrogens with zero attached hydrogens (tertiary/aromatic N) is 2. The molecule has 2 aliphatic rings. The summed E-state index contributed by atoms with van der Waals surface area (Å²) in [6, 6.07) is 33.0. The van der Waals surface area contributed by atoms with Crippen molar-refractivity contribution in [1.82, 2.24) is 9.80 Å². The lowest BCUT2D eigenvalue weighted by Gasteiger charge is -2.42. The van der Waals surface area contributed by atoms with Gasteiger partial charge in [0.15, 0.2) is 6.29 Å². The molecule has 7 nitrogen and oxygen atoms in total. The molecular formula is C36H36N2O5. The van der Waals surface area contributed by atoms with Crippen LogP contribution in [-0.2, 0) is 29.2 Å². The molecule has 6 rings (SSSR count). The molecule has 1 N–H and O–H groups in total. The van der Waals surface area contributed by atoms with E-state index in [1.807, 2.05) is 54.6 Å². The van der Waals surface area contributed by atoms with Crippen LogP contribution in [0.5, 0.6) is 0 Å². The fourth-order valence-corrected chi connectivity index (χ4v) is 5.94. The summed E-state index contributed by atoms with van der Waals surface area (Å²) in [5.41, 5.74) is 5.74. The number of imide groups is 1. The topological polar surface area (TPSA) is 79.3 Å². The van der Waals surface area contributed by atoms with E-state index >= 15 is 0 Å². The van der Waals surface area contributed by atoms with Crippen LogP contribution in [0.25, 0.3) is 0 Å². The van der Waals surface area contributed by atoms with E-state index in [-0.39, 0.29) is 43.1 Å². The lowest BCUT2D eigenvalue weighted by atomic mass is 9.90. The molecule has 0 unspecified atom stereocenters. The summed E-state index contributed by atoms with van der Waals surface area (Å²) in [4.78, 5) is 29.3. The van der Waals surface area contributed by atoms with E-state index in [0.29, 0.717) is 11.1 Å². The van der Waals surface area contributed by atoms with Gasteiger partial charge in [0, 0.05) is 24.6 Å². The number of hydrogen-bond acceptors (Lipinski definition) is 6. The summed E-state index contributed by atoms with van der Waals surface area (Å²) < 4.78 is 13.2. The van der Waals surface area contributed by atoms with Gasteiger partial charge in [-0.15, -0.1) is 0 Å². The number of carbonyl (C=O) groups is 2. The summed E-state index contributed by atoms with van der Waals surface area (Å²) in [5.74, 6) is -0.465. The first-order valence-electron chi connectivity index (χ1n) is 14.7. The van der Waals surface area contributed by atoms with Crippen LogP contribution >= 0.6 is 0 Å². The summed E-state index contributed by atoms with van der Waals surface area (Å²) >= 11 is 0. The summed E-state index contributed by atoms with van der Waals surface area (Å²) in [6.07, 6.45) is -0.908. The maximum atomic E-state index is 12.9. The van der Waals surface area contributed by atoms with Crippen LogP contribution in [0.15, 0.2) is 103 Å². The average Bonchev–Trinajstić information content (AvgIpc) is 3.27. The van der Waals surface area contributed by atoms with E-state index < -0.39 is 6.29 Å². The number of rotatable bonds is 9. The standard InChI is InChI=1S/C36H36N2O5/c1-24-32(22-37(2)20-25-8-4-3-5-9-25)42-36(43-33(24)28-16-14-27(23-39)15-17-28)29-18-12-26(13-19-29)21-38-34(40)30-10-6-7-11-31(30)35(38)41/h3-19,24,32-33,36,39H,20-23H2,1-2H3/t24-,32+,33+,36+/m1/s1. The van der Waals surface area contributed by atoms with Crippen LogP contribution in [0.1, 0.15) is 67.9 Å². The molecule has 2 aliphatic heterocycles. The van der Waals surface area contributed by atoms with Crippen LogP contribution in [0, 0.1) is 5.92 Å². The number of amides is 2. The Morgan fingerprint density at radius 1 is 0.721 bits per heavy atom. The number of aliphatic hydroxyl groups excluding tert-OH is 1. The number of likely N-dealkylation sites (N-methyl/N-ethyl adjacent to an activating group) is 1. The molecule has 4 aromatic rings. The highest BCUT2D eigenvalue weighted by Crippen LogP contribution is 2.42. The zero-order valence-corrected chi connectivity index (χ0v) is 24.4. The van der Waals surface area contributed by atoms with Crippen molar-refractivity contribution in [1.29, 1.82) is 0 Å². The van der Waals surface area contributed by atoms with Gasteiger partial charge in [-0.05, 0) is 41.4 Å². The first-order valence-corrected chi connectivity index (χ1v) is 14.7. The van der Waals surface area contributed by atoms with Gasteiger partial charge < -0.3 is 14.6 Å². The van der Waals surface area contributed by atoms with Gasteiger partial charge in [0.1, 0.15) is 0 Å². The Kier molecular flexibility index (Phi) is 8.49. The van der Waals surface area contributed by atoms with Crippen molar-refractivity contribution in [2.75, 3.05) is 13.6 Å². The zero-order chi connectivity index (χ0) is 29.9.